The van der Waals surface area contributed by atoms with Crippen LogP contribution in [0.3, 0.4) is 0 Å². The molecule has 0 aliphatic carbocycles. The van der Waals surface area contributed by atoms with Crippen LogP contribution < -0.4 is 19.3 Å². The van der Waals surface area contributed by atoms with E-state index in [1.54, 1.807) is 48.7 Å². The highest BCUT2D eigenvalue weighted by atomic mass is 32.2. The number of nitrogens with zero attached hydrogens (tertiary/aromatic N) is 3. The second kappa shape index (κ2) is 12.4. The fraction of sp³-hybridized carbons (Fsp3) is 0.281. The molecule has 0 atom stereocenters. The number of urea groups is 1. The van der Waals surface area contributed by atoms with Gasteiger partial charge in [0.25, 0.3) is 5.91 Å². The summed E-state index contributed by atoms with van der Waals surface area (Å²) in [6.07, 6.45) is -1.48. The van der Waals surface area contributed by atoms with Crippen LogP contribution in [0, 0.1) is 0 Å². The summed E-state index contributed by atoms with van der Waals surface area (Å²) in [6, 6.07) is 15.4. The van der Waals surface area contributed by atoms with Crippen LogP contribution in [0.2, 0.25) is 0 Å². The number of aromatic nitrogens is 1. The van der Waals surface area contributed by atoms with E-state index in [2.05, 4.69) is 4.98 Å². The number of pyridine rings is 1. The second-order valence-corrected chi connectivity index (χ2v) is 13.2. The molecule has 1 fully saturated rings. The molecule has 1 aliphatic heterocycles. The SMILES string of the molecule is CC(C)c1cc(N2C(=O)CN(c3cccc(C(F)(F)F)c3)C2=O)ccc1Oc1ccnc2cc(OCCCS(C)(=O)=O)ccc12. The van der Waals surface area contributed by atoms with Gasteiger partial charge in [-0.3, -0.25) is 14.7 Å². The molecule has 5 rings (SSSR count). The zero-order valence-corrected chi connectivity index (χ0v) is 25.5. The number of amides is 3. The minimum Gasteiger partial charge on any atom is -0.493 e. The molecule has 0 N–H and O–H groups in total. The Hall–Kier alpha value is -4.65. The fourth-order valence-electron chi connectivity index (χ4n) is 4.94. The highest BCUT2D eigenvalue weighted by molar-refractivity contribution is 7.90. The van der Waals surface area contributed by atoms with Gasteiger partial charge in [-0.2, -0.15) is 13.2 Å². The smallest absolute Gasteiger partial charge is 0.416 e. The molecule has 1 aromatic heterocycles. The van der Waals surface area contributed by atoms with Gasteiger partial charge in [0.05, 0.1) is 29.1 Å². The van der Waals surface area contributed by atoms with E-state index in [0.29, 0.717) is 40.1 Å². The number of sulfone groups is 1. The van der Waals surface area contributed by atoms with Crippen molar-refractivity contribution in [2.45, 2.75) is 32.4 Å². The van der Waals surface area contributed by atoms with Crippen molar-refractivity contribution in [2.24, 2.45) is 0 Å². The lowest BCUT2D eigenvalue weighted by Crippen LogP contribution is -2.33. The normalized spacial score (nSPS) is 14.1. The number of imide groups is 1. The number of alkyl halides is 3. The van der Waals surface area contributed by atoms with E-state index in [4.69, 9.17) is 9.47 Å². The van der Waals surface area contributed by atoms with Crippen LogP contribution >= 0.6 is 0 Å². The molecular weight excluding hydrogens is 611 g/mol. The Morgan fingerprint density at radius 3 is 2.44 bits per heavy atom. The van der Waals surface area contributed by atoms with Crippen LogP contribution in [0.25, 0.3) is 10.9 Å². The molecule has 0 saturated carbocycles. The lowest BCUT2D eigenvalue weighted by Gasteiger charge is -2.21. The molecule has 236 valence electrons. The predicted molar refractivity (Wildman–Crippen MR) is 164 cm³/mol. The van der Waals surface area contributed by atoms with Gasteiger partial charge in [0.15, 0.2) is 0 Å². The summed E-state index contributed by atoms with van der Waals surface area (Å²) < 4.78 is 74.5. The molecule has 9 nitrogen and oxygen atoms in total. The molecule has 13 heteroatoms. The highest BCUT2D eigenvalue weighted by Crippen LogP contribution is 2.38. The Balaban J connectivity index is 1.37. The largest absolute Gasteiger partial charge is 0.493 e. The van der Waals surface area contributed by atoms with E-state index in [0.717, 1.165) is 21.9 Å². The molecule has 0 unspecified atom stereocenters. The summed E-state index contributed by atoms with van der Waals surface area (Å²) in [4.78, 5) is 32.7. The van der Waals surface area contributed by atoms with Crippen molar-refractivity contribution in [3.05, 3.63) is 84.1 Å². The number of benzene rings is 3. The van der Waals surface area contributed by atoms with E-state index >= 15 is 0 Å². The number of anilines is 2. The molecule has 0 bridgehead atoms. The Morgan fingerprint density at radius 1 is 0.956 bits per heavy atom. The van der Waals surface area contributed by atoms with E-state index in [1.807, 2.05) is 13.8 Å². The number of halogens is 3. The van der Waals surface area contributed by atoms with Crippen LogP contribution in [0.15, 0.2) is 72.9 Å². The minimum absolute atomic E-state index is 0.0262. The summed E-state index contributed by atoms with van der Waals surface area (Å²) >= 11 is 0. The van der Waals surface area contributed by atoms with Crippen LogP contribution in [0.4, 0.5) is 29.3 Å². The van der Waals surface area contributed by atoms with Gasteiger partial charge < -0.3 is 9.47 Å². The number of hydrogen-bond acceptors (Lipinski definition) is 7. The van der Waals surface area contributed by atoms with E-state index in [1.165, 1.54) is 18.4 Å². The third-order valence-corrected chi connectivity index (χ3v) is 8.18. The Labute approximate surface area is 258 Å². The van der Waals surface area contributed by atoms with Gasteiger partial charge in [0.1, 0.15) is 33.6 Å². The van der Waals surface area contributed by atoms with Gasteiger partial charge in [-0.1, -0.05) is 19.9 Å². The molecule has 2 heterocycles. The number of ether oxygens (including phenoxy) is 2. The molecule has 3 amide bonds. The standard InChI is InChI=1S/C32H30F3N3O6S/c1-20(2)26-17-23(38-30(39)19-37(31(38)40)22-7-4-6-21(16-22)32(33,34)35)8-11-28(26)44-29-12-13-36-27-18-24(9-10-25(27)29)43-14-5-15-45(3,41)42/h4,6-13,16-18,20H,5,14-15,19H2,1-3H3. The number of fused-ring (bicyclic) bond motifs is 1. The van der Waals surface area contributed by atoms with Crippen molar-refractivity contribution >= 4 is 44.1 Å². The molecule has 4 aromatic rings. The number of rotatable bonds is 10. The topological polar surface area (TPSA) is 106 Å². The van der Waals surface area contributed by atoms with Crippen LogP contribution in [0.1, 0.15) is 37.3 Å². The molecule has 0 spiro atoms. The van der Waals surface area contributed by atoms with E-state index in [9.17, 15) is 31.2 Å². The Morgan fingerprint density at radius 2 is 1.73 bits per heavy atom. The maximum Gasteiger partial charge on any atom is 0.416 e. The van der Waals surface area contributed by atoms with Crippen molar-refractivity contribution in [1.82, 2.24) is 4.98 Å². The number of carbonyl (C=O) groups is 2. The average molecular weight is 642 g/mol. The summed E-state index contributed by atoms with van der Waals surface area (Å²) in [7, 11) is -3.07. The lowest BCUT2D eigenvalue weighted by molar-refractivity contribution is -0.137. The fourth-order valence-corrected chi connectivity index (χ4v) is 5.58. The van der Waals surface area contributed by atoms with Gasteiger partial charge in [-0.05, 0) is 72.5 Å². The summed E-state index contributed by atoms with van der Waals surface area (Å²) in [5, 5.41) is 0.696. The van der Waals surface area contributed by atoms with Crippen LogP contribution in [-0.2, 0) is 20.8 Å². The maximum absolute atomic E-state index is 13.3. The quantitative estimate of drug-likeness (QED) is 0.136. The Kier molecular flexibility index (Phi) is 8.74. The minimum atomic E-state index is -4.60. The molecule has 45 heavy (non-hydrogen) atoms. The van der Waals surface area contributed by atoms with Crippen LogP contribution in [0.5, 0.6) is 17.2 Å². The van der Waals surface area contributed by atoms with Crippen molar-refractivity contribution in [3.63, 3.8) is 0 Å². The second-order valence-electron chi connectivity index (χ2n) is 10.9. The monoisotopic (exact) mass is 641 g/mol. The van der Waals surface area contributed by atoms with E-state index < -0.39 is 40.1 Å². The van der Waals surface area contributed by atoms with Crippen LogP contribution in [-0.4, -0.2) is 50.5 Å². The first-order valence-corrected chi connectivity index (χ1v) is 16.1. The third kappa shape index (κ3) is 7.19. The van der Waals surface area contributed by atoms with Gasteiger partial charge in [0, 0.05) is 29.6 Å². The Bertz CT molecular complexity index is 1880. The first kappa shape index (κ1) is 31.8. The van der Waals surface area contributed by atoms with Gasteiger partial charge in [0.2, 0.25) is 0 Å². The average Bonchev–Trinajstić information content (AvgIpc) is 3.28. The number of hydrogen-bond donors (Lipinski definition) is 0. The zero-order valence-electron chi connectivity index (χ0n) is 24.7. The lowest BCUT2D eigenvalue weighted by atomic mass is 10.0. The predicted octanol–water partition coefficient (Wildman–Crippen LogP) is 6.96. The molecule has 0 radical (unpaired) electrons. The van der Waals surface area contributed by atoms with Crippen molar-refractivity contribution < 1.29 is 40.7 Å². The zero-order chi connectivity index (χ0) is 32.5. The highest BCUT2D eigenvalue weighted by Gasteiger charge is 2.39. The molecule has 3 aromatic carbocycles. The van der Waals surface area contributed by atoms with Gasteiger partial charge >= 0.3 is 12.2 Å². The molecule has 1 aliphatic rings. The first-order valence-electron chi connectivity index (χ1n) is 14.0. The van der Waals surface area contributed by atoms with Crippen molar-refractivity contribution in [2.75, 3.05) is 35.0 Å². The molecule has 1 saturated heterocycles. The van der Waals surface area contributed by atoms with Crippen molar-refractivity contribution in [3.8, 4) is 17.2 Å². The maximum atomic E-state index is 13.3. The molecular formula is C32H30F3N3O6S. The van der Waals surface area contributed by atoms with Gasteiger partial charge in [-0.25, -0.2) is 18.1 Å². The summed E-state index contributed by atoms with van der Waals surface area (Å²) in [5.41, 5.74) is 0.619. The number of carbonyl (C=O) groups excluding carboxylic acids is 2. The van der Waals surface area contributed by atoms with Crippen molar-refractivity contribution in [1.29, 1.82) is 0 Å². The summed E-state index contributed by atoms with van der Waals surface area (Å²) in [6.45, 7) is 3.68. The van der Waals surface area contributed by atoms with Gasteiger partial charge in [-0.15, -0.1) is 0 Å². The summed E-state index contributed by atoms with van der Waals surface area (Å²) in [5.74, 6) is 0.884. The first-order chi connectivity index (χ1) is 21.2. The van der Waals surface area contributed by atoms with E-state index in [-0.39, 0.29) is 29.7 Å². The third-order valence-electron chi connectivity index (χ3n) is 7.15.